The van der Waals surface area contributed by atoms with Crippen LogP contribution in [0, 0.1) is 10.1 Å². The van der Waals surface area contributed by atoms with Crippen LogP contribution in [0.2, 0.25) is 0 Å². The van der Waals surface area contributed by atoms with Crippen LogP contribution in [0.25, 0.3) is 0 Å². The number of esters is 1. The Bertz CT molecular complexity index is 493. The van der Waals surface area contributed by atoms with Gasteiger partial charge < -0.3 is 10.5 Å². The molecular weight excluding hydrogens is 252 g/mol. The lowest BCUT2D eigenvalue weighted by atomic mass is 10.2. The van der Waals surface area contributed by atoms with E-state index in [0.717, 1.165) is 0 Å². The monoisotopic (exact) mass is 261 g/mol. The first kappa shape index (κ1) is 13.7. The number of ether oxygens (including phenoxy) is 1. The number of hydrogen-bond acceptors (Lipinski definition) is 6. The Morgan fingerprint density at radius 2 is 2.28 bits per heavy atom. The topological polar surface area (TPSA) is 108 Å². The summed E-state index contributed by atoms with van der Waals surface area (Å²) in [5.74, 6) is -1.03. The molecule has 0 atom stereocenters. The Kier molecular flexibility index (Phi) is 4.08. The van der Waals surface area contributed by atoms with E-state index in [1.54, 1.807) is 0 Å². The summed E-state index contributed by atoms with van der Waals surface area (Å²) in [5, 5.41) is 10.6. The van der Waals surface area contributed by atoms with Crippen LogP contribution in [0.5, 0.6) is 0 Å². The minimum Gasteiger partial charge on any atom is -0.461 e. The average Bonchev–Trinajstić information content (AvgIpc) is 2.28. The van der Waals surface area contributed by atoms with Gasteiger partial charge in [0.15, 0.2) is 5.69 Å². The molecule has 0 amide bonds. The van der Waals surface area contributed by atoms with Crippen LogP contribution in [0.1, 0.15) is 29.5 Å². The lowest BCUT2D eigenvalue weighted by molar-refractivity contribution is -0.384. The van der Waals surface area contributed by atoms with E-state index in [2.05, 4.69) is 9.72 Å². The number of aromatic nitrogens is 1. The third-order valence-electron chi connectivity index (χ3n) is 1.95. The molecule has 18 heavy (non-hydrogen) atoms. The van der Waals surface area contributed by atoms with E-state index in [4.69, 9.17) is 5.73 Å². The summed E-state index contributed by atoms with van der Waals surface area (Å²) >= 11 is 0. The zero-order valence-corrected chi connectivity index (χ0v) is 9.22. The molecule has 0 bridgehead atoms. The summed E-state index contributed by atoms with van der Waals surface area (Å²) in [6, 6.07) is 0.708. The van der Waals surface area contributed by atoms with Gasteiger partial charge in [-0.15, -0.1) is 0 Å². The number of pyridine rings is 1. The van der Waals surface area contributed by atoms with Gasteiger partial charge >= 0.3 is 5.97 Å². The van der Waals surface area contributed by atoms with Crippen LogP contribution in [-0.4, -0.2) is 22.5 Å². The summed E-state index contributed by atoms with van der Waals surface area (Å²) in [5.41, 5.74) is 2.05. The molecule has 0 aliphatic carbocycles. The fraction of sp³-hybridized carbons (Fsp3) is 0.333. The quantitative estimate of drug-likeness (QED) is 0.501. The van der Waals surface area contributed by atoms with Gasteiger partial charge in [0.2, 0.25) is 0 Å². The van der Waals surface area contributed by atoms with Crippen LogP contribution in [0.15, 0.2) is 6.07 Å². The molecule has 0 aromatic carbocycles. The second-order valence-corrected chi connectivity index (χ2v) is 3.10. The van der Waals surface area contributed by atoms with Crippen molar-refractivity contribution in [2.75, 3.05) is 12.3 Å². The molecule has 0 radical (unpaired) electrons. The van der Waals surface area contributed by atoms with Crippen molar-refractivity contribution in [2.24, 2.45) is 0 Å². The fourth-order valence-electron chi connectivity index (χ4n) is 1.19. The SMILES string of the molecule is CCOC(=O)c1cc([N+](=O)[O-])c(N)c(C(F)F)n1. The molecule has 1 heterocycles. The van der Waals surface area contributed by atoms with Crippen molar-refractivity contribution in [3.8, 4) is 0 Å². The molecule has 1 rings (SSSR count). The van der Waals surface area contributed by atoms with Gasteiger partial charge in [-0.2, -0.15) is 0 Å². The van der Waals surface area contributed by atoms with Crippen molar-refractivity contribution in [2.45, 2.75) is 13.3 Å². The maximum absolute atomic E-state index is 12.6. The molecule has 0 spiro atoms. The van der Waals surface area contributed by atoms with Gasteiger partial charge in [0, 0.05) is 0 Å². The molecule has 0 aliphatic heterocycles. The molecule has 1 aromatic rings. The predicted octanol–water partition coefficient (Wildman–Crippen LogP) is 1.69. The molecule has 2 N–H and O–H groups in total. The number of nitro groups is 1. The largest absolute Gasteiger partial charge is 0.461 e. The zero-order valence-electron chi connectivity index (χ0n) is 9.22. The van der Waals surface area contributed by atoms with E-state index < -0.39 is 40.1 Å². The minimum atomic E-state index is -3.13. The van der Waals surface area contributed by atoms with E-state index in [1.165, 1.54) is 6.92 Å². The van der Waals surface area contributed by atoms with Gasteiger partial charge in [-0.25, -0.2) is 18.6 Å². The van der Waals surface area contributed by atoms with Crippen LogP contribution < -0.4 is 5.73 Å². The Labute approximate surface area is 99.7 Å². The van der Waals surface area contributed by atoms with Gasteiger partial charge in [0.1, 0.15) is 11.4 Å². The van der Waals surface area contributed by atoms with E-state index in [9.17, 15) is 23.7 Å². The summed E-state index contributed by atoms with van der Waals surface area (Å²) < 4.78 is 29.7. The molecule has 0 unspecified atom stereocenters. The number of hydrogen-bond donors (Lipinski definition) is 1. The first-order chi connectivity index (χ1) is 8.38. The van der Waals surface area contributed by atoms with Crippen molar-refractivity contribution in [3.63, 3.8) is 0 Å². The molecule has 7 nitrogen and oxygen atoms in total. The van der Waals surface area contributed by atoms with E-state index in [0.29, 0.717) is 6.07 Å². The maximum Gasteiger partial charge on any atom is 0.357 e. The first-order valence-electron chi connectivity index (χ1n) is 4.78. The number of anilines is 1. The number of nitrogen functional groups attached to an aromatic ring is 1. The second-order valence-electron chi connectivity index (χ2n) is 3.10. The average molecular weight is 261 g/mol. The number of nitrogens with zero attached hydrogens (tertiary/aromatic N) is 2. The number of carbonyl (C=O) groups is 1. The van der Waals surface area contributed by atoms with Crippen LogP contribution in [0.3, 0.4) is 0 Å². The van der Waals surface area contributed by atoms with Crippen molar-refractivity contribution in [1.29, 1.82) is 0 Å². The molecule has 1 aromatic heterocycles. The lowest BCUT2D eigenvalue weighted by Crippen LogP contribution is -2.12. The third-order valence-corrected chi connectivity index (χ3v) is 1.95. The molecule has 0 saturated heterocycles. The highest BCUT2D eigenvalue weighted by molar-refractivity contribution is 5.89. The van der Waals surface area contributed by atoms with Gasteiger partial charge in [0.25, 0.3) is 12.1 Å². The van der Waals surface area contributed by atoms with Gasteiger partial charge in [0.05, 0.1) is 17.6 Å². The smallest absolute Gasteiger partial charge is 0.357 e. The number of carbonyl (C=O) groups excluding carboxylic acids is 1. The summed E-state index contributed by atoms with van der Waals surface area (Å²) in [4.78, 5) is 24.3. The van der Waals surface area contributed by atoms with Gasteiger partial charge in [-0.3, -0.25) is 10.1 Å². The Balaban J connectivity index is 3.38. The van der Waals surface area contributed by atoms with Crippen LogP contribution in [0.4, 0.5) is 20.2 Å². The standard InChI is InChI=1S/C9H9F2N3O4/c1-2-18-9(15)4-3-5(14(16)17)6(12)7(13-4)8(10)11/h3,8H,2,12H2,1H3. The number of nitrogens with two attached hydrogens (primary N) is 1. The molecule has 0 fully saturated rings. The molecule has 9 heteroatoms. The van der Waals surface area contributed by atoms with Crippen molar-refractivity contribution >= 4 is 17.3 Å². The van der Waals surface area contributed by atoms with Gasteiger partial charge in [-0.1, -0.05) is 0 Å². The van der Waals surface area contributed by atoms with Crippen molar-refractivity contribution in [1.82, 2.24) is 4.98 Å². The summed E-state index contributed by atoms with van der Waals surface area (Å²) in [6.07, 6.45) is -3.13. The molecular formula is C9H9F2N3O4. The Morgan fingerprint density at radius 3 is 2.72 bits per heavy atom. The highest BCUT2D eigenvalue weighted by Crippen LogP contribution is 2.31. The van der Waals surface area contributed by atoms with Crippen molar-refractivity contribution < 1.29 is 23.2 Å². The Morgan fingerprint density at radius 1 is 1.67 bits per heavy atom. The maximum atomic E-state index is 12.6. The van der Waals surface area contributed by atoms with Gasteiger partial charge in [-0.05, 0) is 6.92 Å². The van der Waals surface area contributed by atoms with Crippen LogP contribution >= 0.6 is 0 Å². The lowest BCUT2D eigenvalue weighted by Gasteiger charge is -2.07. The normalized spacial score (nSPS) is 10.4. The summed E-state index contributed by atoms with van der Waals surface area (Å²) in [6.45, 7) is 1.49. The fourth-order valence-corrected chi connectivity index (χ4v) is 1.19. The zero-order chi connectivity index (χ0) is 13.9. The number of halogens is 2. The molecule has 98 valence electrons. The van der Waals surface area contributed by atoms with E-state index in [-0.39, 0.29) is 6.61 Å². The van der Waals surface area contributed by atoms with E-state index in [1.807, 2.05) is 0 Å². The molecule has 0 saturated carbocycles. The highest BCUT2D eigenvalue weighted by atomic mass is 19.3. The summed E-state index contributed by atoms with van der Waals surface area (Å²) in [7, 11) is 0. The predicted molar refractivity (Wildman–Crippen MR) is 56.2 cm³/mol. The first-order valence-corrected chi connectivity index (χ1v) is 4.78. The highest BCUT2D eigenvalue weighted by Gasteiger charge is 2.26. The number of alkyl halides is 2. The third kappa shape index (κ3) is 2.67. The number of rotatable bonds is 4. The van der Waals surface area contributed by atoms with Crippen LogP contribution in [-0.2, 0) is 4.74 Å². The molecule has 0 aliphatic rings. The minimum absolute atomic E-state index is 0.0112. The second kappa shape index (κ2) is 5.34. The van der Waals surface area contributed by atoms with Crippen molar-refractivity contribution in [3.05, 3.63) is 27.6 Å². The van der Waals surface area contributed by atoms with E-state index >= 15 is 0 Å². The Hall–Kier alpha value is -2.32.